The van der Waals surface area contributed by atoms with Crippen LogP contribution in [-0.4, -0.2) is 55.1 Å². The number of likely N-dealkylation sites (N-methyl/N-ethyl adjacent to an activating group) is 1. The van der Waals surface area contributed by atoms with Gasteiger partial charge in [0.15, 0.2) is 0 Å². The van der Waals surface area contributed by atoms with E-state index in [9.17, 15) is 0 Å². The van der Waals surface area contributed by atoms with Gasteiger partial charge >= 0.3 is 0 Å². The highest BCUT2D eigenvalue weighted by Gasteiger charge is 2.60. The van der Waals surface area contributed by atoms with Gasteiger partial charge < -0.3 is 10.6 Å². The highest BCUT2D eigenvalue weighted by atomic mass is 15.3. The molecule has 2 N–H and O–H groups in total. The minimum absolute atomic E-state index is 0.354. The molecule has 1 heterocycles. The lowest BCUT2D eigenvalue weighted by Crippen LogP contribution is -2.69. The van der Waals surface area contributed by atoms with Crippen LogP contribution in [0.25, 0.3) is 0 Å². The SMILES string of the molecule is CC1CN(C2(CN)C3CC4CC(C3)CC2C4)CC1N(C)C. The average molecular weight is 291 g/mol. The van der Waals surface area contributed by atoms with E-state index in [4.69, 9.17) is 5.73 Å². The van der Waals surface area contributed by atoms with Gasteiger partial charge in [-0.2, -0.15) is 0 Å². The van der Waals surface area contributed by atoms with Gasteiger partial charge in [-0.05, 0) is 75.8 Å². The molecule has 2 unspecified atom stereocenters. The summed E-state index contributed by atoms with van der Waals surface area (Å²) in [6.07, 6.45) is 7.43. The van der Waals surface area contributed by atoms with Crippen molar-refractivity contribution in [1.29, 1.82) is 0 Å². The summed E-state index contributed by atoms with van der Waals surface area (Å²) in [5.74, 6) is 4.65. The Morgan fingerprint density at radius 3 is 2.00 bits per heavy atom. The van der Waals surface area contributed by atoms with Crippen molar-refractivity contribution in [2.75, 3.05) is 33.7 Å². The molecule has 1 saturated heterocycles. The summed E-state index contributed by atoms with van der Waals surface area (Å²) < 4.78 is 0. The van der Waals surface area contributed by atoms with Crippen LogP contribution >= 0.6 is 0 Å². The van der Waals surface area contributed by atoms with Gasteiger partial charge in [0.1, 0.15) is 0 Å². The lowest BCUT2D eigenvalue weighted by Gasteiger charge is -2.64. The van der Waals surface area contributed by atoms with E-state index >= 15 is 0 Å². The van der Waals surface area contributed by atoms with Crippen LogP contribution < -0.4 is 5.73 Å². The minimum atomic E-state index is 0.354. The fourth-order valence-electron chi connectivity index (χ4n) is 6.94. The van der Waals surface area contributed by atoms with Gasteiger partial charge in [-0.1, -0.05) is 6.92 Å². The Kier molecular flexibility index (Phi) is 3.40. The van der Waals surface area contributed by atoms with Crippen molar-refractivity contribution < 1.29 is 0 Å². The Bertz CT molecular complexity index is 377. The molecular weight excluding hydrogens is 258 g/mol. The number of hydrogen-bond acceptors (Lipinski definition) is 3. The van der Waals surface area contributed by atoms with E-state index in [0.29, 0.717) is 11.6 Å². The monoisotopic (exact) mass is 291 g/mol. The predicted molar refractivity (Wildman–Crippen MR) is 87.0 cm³/mol. The third-order valence-electron chi connectivity index (χ3n) is 7.70. The molecule has 5 rings (SSSR count). The zero-order valence-electron chi connectivity index (χ0n) is 14.1. The summed E-state index contributed by atoms with van der Waals surface area (Å²) in [4.78, 5) is 5.29. The molecule has 0 aromatic rings. The molecule has 1 aliphatic heterocycles. The van der Waals surface area contributed by atoms with Crippen LogP contribution in [0.15, 0.2) is 0 Å². The van der Waals surface area contributed by atoms with Crippen LogP contribution in [0, 0.1) is 29.6 Å². The molecule has 0 aromatic carbocycles. The van der Waals surface area contributed by atoms with Gasteiger partial charge in [-0.15, -0.1) is 0 Å². The van der Waals surface area contributed by atoms with E-state index in [2.05, 4.69) is 30.8 Å². The molecule has 0 radical (unpaired) electrons. The first-order chi connectivity index (χ1) is 10.0. The number of likely N-dealkylation sites (tertiary alicyclic amines) is 1. The Morgan fingerprint density at radius 2 is 1.57 bits per heavy atom. The quantitative estimate of drug-likeness (QED) is 0.863. The fourth-order valence-corrected chi connectivity index (χ4v) is 6.94. The minimum Gasteiger partial charge on any atom is -0.329 e. The molecule has 21 heavy (non-hydrogen) atoms. The molecule has 120 valence electrons. The van der Waals surface area contributed by atoms with Crippen LogP contribution in [0.3, 0.4) is 0 Å². The lowest BCUT2D eigenvalue weighted by molar-refractivity contribution is -0.126. The highest BCUT2D eigenvalue weighted by molar-refractivity contribution is 5.14. The van der Waals surface area contributed by atoms with Crippen molar-refractivity contribution in [1.82, 2.24) is 9.80 Å². The lowest BCUT2D eigenvalue weighted by atomic mass is 9.48. The van der Waals surface area contributed by atoms with Crippen LogP contribution in [0.5, 0.6) is 0 Å². The van der Waals surface area contributed by atoms with E-state index in [0.717, 1.165) is 36.1 Å². The molecule has 4 bridgehead atoms. The molecule has 0 aromatic heterocycles. The maximum Gasteiger partial charge on any atom is 0.0389 e. The molecule has 4 saturated carbocycles. The van der Waals surface area contributed by atoms with E-state index in [1.165, 1.54) is 45.2 Å². The molecular formula is C18H33N3. The first-order valence-electron chi connectivity index (χ1n) is 9.16. The van der Waals surface area contributed by atoms with Crippen molar-refractivity contribution in [3.05, 3.63) is 0 Å². The van der Waals surface area contributed by atoms with E-state index in [-0.39, 0.29) is 0 Å². The number of nitrogens with two attached hydrogens (primary N) is 1. The Balaban J connectivity index is 1.62. The first-order valence-corrected chi connectivity index (χ1v) is 9.16. The summed E-state index contributed by atoms with van der Waals surface area (Å²) in [6.45, 7) is 5.84. The van der Waals surface area contributed by atoms with Gasteiger partial charge in [0.25, 0.3) is 0 Å². The molecule has 5 aliphatic rings. The van der Waals surface area contributed by atoms with Crippen LogP contribution in [-0.2, 0) is 0 Å². The standard InChI is InChI=1S/C18H33N3/c1-12-9-21(10-17(12)20(2)3)18(11-19)15-5-13-4-14(7-15)8-16(18)6-13/h12-17H,4-11,19H2,1-3H3. The zero-order valence-corrected chi connectivity index (χ0v) is 14.1. The largest absolute Gasteiger partial charge is 0.329 e. The maximum absolute atomic E-state index is 6.48. The summed E-state index contributed by atoms with van der Waals surface area (Å²) in [7, 11) is 4.49. The number of nitrogens with zero attached hydrogens (tertiary/aromatic N) is 2. The summed E-state index contributed by atoms with van der Waals surface area (Å²) >= 11 is 0. The Hall–Kier alpha value is -0.120. The first kappa shape index (κ1) is 14.5. The van der Waals surface area contributed by atoms with Crippen molar-refractivity contribution in [3.8, 4) is 0 Å². The number of rotatable bonds is 3. The van der Waals surface area contributed by atoms with E-state index < -0.39 is 0 Å². The average Bonchev–Trinajstić information content (AvgIpc) is 2.81. The number of hydrogen-bond donors (Lipinski definition) is 1. The molecule has 3 nitrogen and oxygen atoms in total. The summed E-state index contributed by atoms with van der Waals surface area (Å²) in [5, 5.41) is 0. The van der Waals surface area contributed by atoms with Crippen molar-refractivity contribution >= 4 is 0 Å². The van der Waals surface area contributed by atoms with Gasteiger partial charge in [0.05, 0.1) is 0 Å². The summed E-state index contributed by atoms with van der Waals surface area (Å²) in [6, 6.07) is 0.714. The van der Waals surface area contributed by atoms with Crippen molar-refractivity contribution in [2.24, 2.45) is 35.3 Å². The van der Waals surface area contributed by atoms with Crippen molar-refractivity contribution in [3.63, 3.8) is 0 Å². The van der Waals surface area contributed by atoms with Gasteiger partial charge in [0, 0.05) is 31.2 Å². The topological polar surface area (TPSA) is 32.5 Å². The highest BCUT2D eigenvalue weighted by Crippen LogP contribution is 2.60. The van der Waals surface area contributed by atoms with Crippen LogP contribution in [0.2, 0.25) is 0 Å². The molecule has 0 spiro atoms. The second kappa shape index (κ2) is 4.94. The third kappa shape index (κ3) is 1.96. The molecule has 2 atom stereocenters. The molecule has 3 heteroatoms. The van der Waals surface area contributed by atoms with Gasteiger partial charge in [-0.3, -0.25) is 4.90 Å². The van der Waals surface area contributed by atoms with Gasteiger partial charge in [0.2, 0.25) is 0 Å². The van der Waals surface area contributed by atoms with Crippen LogP contribution in [0.1, 0.15) is 39.0 Å². The third-order valence-corrected chi connectivity index (χ3v) is 7.70. The fraction of sp³-hybridized carbons (Fsp3) is 1.00. The maximum atomic E-state index is 6.48. The zero-order chi connectivity index (χ0) is 14.8. The van der Waals surface area contributed by atoms with Crippen molar-refractivity contribution in [2.45, 2.75) is 50.6 Å². The molecule has 4 aliphatic carbocycles. The second-order valence-electron chi connectivity index (χ2n) is 8.91. The Morgan fingerprint density at radius 1 is 1.00 bits per heavy atom. The predicted octanol–water partition coefficient (Wildman–Crippen LogP) is 2.02. The Labute approximate surface area is 130 Å². The normalized spacial score (nSPS) is 53.0. The van der Waals surface area contributed by atoms with Gasteiger partial charge in [-0.25, -0.2) is 0 Å². The van der Waals surface area contributed by atoms with E-state index in [1.54, 1.807) is 0 Å². The molecule has 5 fully saturated rings. The van der Waals surface area contributed by atoms with E-state index in [1.807, 2.05) is 0 Å². The summed E-state index contributed by atoms with van der Waals surface area (Å²) in [5.41, 5.74) is 6.83. The molecule has 0 amide bonds. The second-order valence-corrected chi connectivity index (χ2v) is 8.91. The smallest absolute Gasteiger partial charge is 0.0389 e. The van der Waals surface area contributed by atoms with Crippen LogP contribution in [0.4, 0.5) is 0 Å².